The van der Waals surface area contributed by atoms with E-state index in [1.54, 1.807) is 43.5 Å². The topological polar surface area (TPSA) is 85.3 Å². The monoisotopic (exact) mass is 451 g/mol. The maximum absolute atomic E-state index is 13.1. The summed E-state index contributed by atoms with van der Waals surface area (Å²) in [5, 5.41) is 11.3. The minimum atomic E-state index is -0.723. The van der Waals surface area contributed by atoms with Crippen LogP contribution in [0.25, 0.3) is 5.76 Å². The second-order valence-corrected chi connectivity index (χ2v) is 8.46. The third-order valence-electron chi connectivity index (χ3n) is 5.94. The lowest BCUT2D eigenvalue weighted by atomic mass is 9.94. The van der Waals surface area contributed by atoms with Gasteiger partial charge in [0.15, 0.2) is 0 Å². The SMILES string of the molecule is COc1ccc(C2/C(=C(/O)c3ccc4c(c3)CCCO4)C(=O)C(=O)N2CCOC(C)C)cc1. The number of aliphatic hydroxyl groups excluding tert-OH is 1. The number of fused-ring (bicyclic) bond motifs is 1. The van der Waals surface area contributed by atoms with Gasteiger partial charge in [0.25, 0.3) is 11.7 Å². The number of rotatable bonds is 7. The Morgan fingerprint density at radius 1 is 1.18 bits per heavy atom. The fraction of sp³-hybridized carbons (Fsp3) is 0.385. The van der Waals surface area contributed by atoms with Crippen molar-refractivity contribution in [2.75, 3.05) is 26.9 Å². The normalized spacial score (nSPS) is 19.5. The number of amides is 1. The molecule has 2 aromatic carbocycles. The van der Waals surface area contributed by atoms with Gasteiger partial charge in [-0.25, -0.2) is 0 Å². The van der Waals surface area contributed by atoms with E-state index in [4.69, 9.17) is 14.2 Å². The summed E-state index contributed by atoms with van der Waals surface area (Å²) in [6, 6.07) is 11.8. The third-order valence-corrected chi connectivity index (χ3v) is 5.94. The first-order chi connectivity index (χ1) is 15.9. The van der Waals surface area contributed by atoms with Crippen molar-refractivity contribution in [2.45, 2.75) is 38.8 Å². The molecule has 2 heterocycles. The second kappa shape index (κ2) is 9.67. The summed E-state index contributed by atoms with van der Waals surface area (Å²) in [5.41, 5.74) is 2.26. The molecule has 0 bridgehead atoms. The number of likely N-dealkylation sites (tertiary alicyclic amines) is 1. The van der Waals surface area contributed by atoms with Crippen molar-refractivity contribution in [2.24, 2.45) is 0 Å². The van der Waals surface area contributed by atoms with Gasteiger partial charge in [0.2, 0.25) is 0 Å². The molecule has 1 fully saturated rings. The molecule has 7 nitrogen and oxygen atoms in total. The van der Waals surface area contributed by atoms with E-state index in [2.05, 4.69) is 0 Å². The van der Waals surface area contributed by atoms with E-state index in [0.29, 0.717) is 23.5 Å². The fourth-order valence-corrected chi connectivity index (χ4v) is 4.29. The van der Waals surface area contributed by atoms with E-state index in [9.17, 15) is 14.7 Å². The van der Waals surface area contributed by atoms with Gasteiger partial charge < -0.3 is 24.2 Å². The molecule has 2 aliphatic rings. The summed E-state index contributed by atoms with van der Waals surface area (Å²) >= 11 is 0. The van der Waals surface area contributed by atoms with Crippen molar-refractivity contribution in [1.29, 1.82) is 0 Å². The van der Waals surface area contributed by atoms with Crippen LogP contribution in [0.4, 0.5) is 0 Å². The standard InChI is InChI=1S/C26H29NO6/c1-16(2)32-14-12-27-23(17-6-9-20(31-3)10-7-17)22(25(29)26(27)30)24(28)19-8-11-21-18(15-19)5-4-13-33-21/h6-11,15-16,23,28H,4-5,12-14H2,1-3H3/b24-22-. The number of carbonyl (C=O) groups is 2. The van der Waals surface area contributed by atoms with Gasteiger partial charge in [-0.15, -0.1) is 0 Å². The van der Waals surface area contributed by atoms with Gasteiger partial charge in [0, 0.05) is 12.1 Å². The Hall–Kier alpha value is -3.32. The Labute approximate surface area is 193 Å². The van der Waals surface area contributed by atoms with Crippen LogP contribution in [0.3, 0.4) is 0 Å². The number of hydrogen-bond donors (Lipinski definition) is 1. The highest BCUT2D eigenvalue weighted by atomic mass is 16.5. The molecular weight excluding hydrogens is 422 g/mol. The molecular formula is C26H29NO6. The van der Waals surface area contributed by atoms with Gasteiger partial charge in [-0.2, -0.15) is 0 Å². The molecule has 7 heteroatoms. The number of nitrogens with zero attached hydrogens (tertiary/aromatic N) is 1. The van der Waals surface area contributed by atoms with E-state index in [0.717, 1.165) is 24.2 Å². The molecule has 1 atom stereocenters. The van der Waals surface area contributed by atoms with Crippen LogP contribution >= 0.6 is 0 Å². The van der Waals surface area contributed by atoms with Crippen LogP contribution in [0.15, 0.2) is 48.0 Å². The summed E-state index contributed by atoms with van der Waals surface area (Å²) in [5.74, 6) is -0.0861. The zero-order valence-electron chi connectivity index (χ0n) is 19.2. The van der Waals surface area contributed by atoms with Crippen LogP contribution in [-0.2, 0) is 20.7 Å². The Morgan fingerprint density at radius 3 is 2.64 bits per heavy atom. The lowest BCUT2D eigenvalue weighted by Gasteiger charge is -2.26. The largest absolute Gasteiger partial charge is 0.507 e. The van der Waals surface area contributed by atoms with E-state index in [1.165, 1.54) is 4.90 Å². The molecule has 174 valence electrons. The van der Waals surface area contributed by atoms with Crippen molar-refractivity contribution >= 4 is 17.4 Å². The Morgan fingerprint density at radius 2 is 1.94 bits per heavy atom. The fourth-order valence-electron chi connectivity index (χ4n) is 4.29. The summed E-state index contributed by atoms with van der Waals surface area (Å²) < 4.78 is 16.5. The number of benzene rings is 2. The average Bonchev–Trinajstić information content (AvgIpc) is 3.08. The molecule has 1 saturated heterocycles. The molecule has 1 amide bonds. The Bertz CT molecular complexity index is 1070. The summed E-state index contributed by atoms with van der Waals surface area (Å²) in [7, 11) is 1.57. The number of ether oxygens (including phenoxy) is 3. The lowest BCUT2D eigenvalue weighted by molar-refractivity contribution is -0.140. The Balaban J connectivity index is 1.77. The zero-order valence-corrected chi connectivity index (χ0v) is 19.2. The van der Waals surface area contributed by atoms with Crippen LogP contribution < -0.4 is 9.47 Å². The second-order valence-electron chi connectivity index (χ2n) is 8.46. The van der Waals surface area contributed by atoms with Crippen LogP contribution in [-0.4, -0.2) is 54.7 Å². The molecule has 1 unspecified atom stereocenters. The highest BCUT2D eigenvalue weighted by Crippen LogP contribution is 2.40. The van der Waals surface area contributed by atoms with Gasteiger partial charge in [-0.05, 0) is 68.1 Å². The number of carbonyl (C=O) groups excluding carboxylic acids is 2. The van der Waals surface area contributed by atoms with Crippen molar-refractivity contribution in [3.8, 4) is 11.5 Å². The minimum absolute atomic E-state index is 0.000951. The molecule has 2 aromatic rings. The smallest absolute Gasteiger partial charge is 0.295 e. The van der Waals surface area contributed by atoms with Gasteiger partial charge in [0.05, 0.1) is 38.0 Å². The first-order valence-corrected chi connectivity index (χ1v) is 11.2. The van der Waals surface area contributed by atoms with E-state index >= 15 is 0 Å². The highest BCUT2D eigenvalue weighted by Gasteiger charge is 2.46. The lowest BCUT2D eigenvalue weighted by Crippen LogP contribution is -2.33. The van der Waals surface area contributed by atoms with Gasteiger partial charge >= 0.3 is 0 Å². The highest BCUT2D eigenvalue weighted by molar-refractivity contribution is 6.46. The van der Waals surface area contributed by atoms with E-state index in [1.807, 2.05) is 19.9 Å². The van der Waals surface area contributed by atoms with Crippen molar-refractivity contribution < 1.29 is 28.9 Å². The molecule has 1 N–H and O–H groups in total. The van der Waals surface area contributed by atoms with Gasteiger partial charge in [-0.1, -0.05) is 12.1 Å². The van der Waals surface area contributed by atoms with Gasteiger partial charge in [-0.3, -0.25) is 9.59 Å². The van der Waals surface area contributed by atoms with Gasteiger partial charge in [0.1, 0.15) is 17.3 Å². The van der Waals surface area contributed by atoms with Crippen molar-refractivity contribution in [3.05, 3.63) is 64.7 Å². The summed E-state index contributed by atoms with van der Waals surface area (Å²) in [6.07, 6.45) is 1.72. The van der Waals surface area contributed by atoms with Crippen LogP contribution in [0.2, 0.25) is 0 Å². The molecule has 33 heavy (non-hydrogen) atoms. The molecule has 0 saturated carbocycles. The zero-order chi connectivity index (χ0) is 23.5. The predicted molar refractivity (Wildman–Crippen MR) is 123 cm³/mol. The van der Waals surface area contributed by atoms with Crippen LogP contribution in [0, 0.1) is 0 Å². The number of aliphatic hydroxyl groups is 1. The molecule has 0 aromatic heterocycles. The van der Waals surface area contributed by atoms with Crippen LogP contribution in [0.5, 0.6) is 11.5 Å². The molecule has 0 aliphatic carbocycles. The third kappa shape index (κ3) is 4.59. The van der Waals surface area contributed by atoms with E-state index < -0.39 is 17.7 Å². The number of methoxy groups -OCH3 is 1. The van der Waals surface area contributed by atoms with Crippen LogP contribution in [0.1, 0.15) is 43.0 Å². The first kappa shape index (κ1) is 22.9. The summed E-state index contributed by atoms with van der Waals surface area (Å²) in [6.45, 7) is 5.00. The number of hydrogen-bond acceptors (Lipinski definition) is 6. The number of Topliss-reactive ketones (excluding diaryl/α,β-unsaturated/α-hetero) is 1. The molecule has 0 spiro atoms. The predicted octanol–water partition coefficient (Wildman–Crippen LogP) is 3.87. The average molecular weight is 452 g/mol. The number of ketones is 1. The van der Waals surface area contributed by atoms with Crippen molar-refractivity contribution in [3.63, 3.8) is 0 Å². The van der Waals surface area contributed by atoms with E-state index in [-0.39, 0.29) is 30.6 Å². The quantitative estimate of drug-likeness (QED) is 0.391. The molecule has 0 radical (unpaired) electrons. The maximum Gasteiger partial charge on any atom is 0.295 e. The van der Waals surface area contributed by atoms with Crippen molar-refractivity contribution in [1.82, 2.24) is 4.90 Å². The maximum atomic E-state index is 13.1. The number of aryl methyl sites for hydroxylation is 1. The Kier molecular flexibility index (Phi) is 6.70. The summed E-state index contributed by atoms with van der Waals surface area (Å²) in [4.78, 5) is 27.6. The first-order valence-electron chi connectivity index (χ1n) is 11.2. The molecule has 4 rings (SSSR count). The minimum Gasteiger partial charge on any atom is -0.507 e. The molecule has 2 aliphatic heterocycles.